The second-order valence-corrected chi connectivity index (χ2v) is 3.44. The normalized spacial score (nSPS) is 12.8. The van der Waals surface area contributed by atoms with Crippen molar-refractivity contribution >= 4 is 5.91 Å². The number of amides is 1. The minimum Gasteiger partial charge on any atom is -0.395 e. The van der Waals surface area contributed by atoms with Gasteiger partial charge in [0.1, 0.15) is 0 Å². The van der Waals surface area contributed by atoms with Crippen LogP contribution >= 0.6 is 0 Å². The van der Waals surface area contributed by atoms with E-state index in [4.69, 9.17) is 14.9 Å². The third kappa shape index (κ3) is 6.02. The zero-order valence-corrected chi connectivity index (χ0v) is 9.98. The fourth-order valence-corrected chi connectivity index (χ4v) is 1.35. The van der Waals surface area contributed by atoms with Crippen LogP contribution in [0.5, 0.6) is 0 Å². The van der Waals surface area contributed by atoms with Crippen LogP contribution in [-0.4, -0.2) is 73.6 Å². The highest BCUT2D eigenvalue weighted by atomic mass is 16.5. The topological polar surface area (TPSA) is 82.0 Å². The molecule has 0 bridgehead atoms. The van der Waals surface area contributed by atoms with Crippen LogP contribution in [0.1, 0.15) is 6.92 Å². The molecular weight excluding hydrogens is 212 g/mol. The number of aliphatic hydroxyl groups is 2. The molecule has 3 N–H and O–H groups in total. The van der Waals surface area contributed by atoms with Gasteiger partial charge >= 0.3 is 0 Å². The maximum absolute atomic E-state index is 11.6. The number of nitrogens with zero attached hydrogens (tertiary/aromatic N) is 1. The van der Waals surface area contributed by atoms with E-state index in [0.29, 0.717) is 26.2 Å². The molecule has 0 fully saturated rings. The number of rotatable bonds is 9. The molecule has 0 aromatic carbocycles. The van der Waals surface area contributed by atoms with Gasteiger partial charge in [-0.05, 0) is 6.92 Å². The summed E-state index contributed by atoms with van der Waals surface area (Å²) in [4.78, 5) is 13.4. The van der Waals surface area contributed by atoms with E-state index >= 15 is 0 Å². The Hall–Kier alpha value is -0.690. The number of methoxy groups -OCH3 is 1. The van der Waals surface area contributed by atoms with Crippen molar-refractivity contribution in [3.8, 4) is 0 Å². The summed E-state index contributed by atoms with van der Waals surface area (Å²) in [5.41, 5.74) is 0. The van der Waals surface area contributed by atoms with Gasteiger partial charge in [-0.2, -0.15) is 0 Å². The molecule has 0 aliphatic carbocycles. The molecule has 0 spiro atoms. The molecule has 1 unspecified atom stereocenters. The first-order valence-electron chi connectivity index (χ1n) is 5.39. The Balaban J connectivity index is 4.03. The van der Waals surface area contributed by atoms with Crippen LogP contribution in [0.25, 0.3) is 0 Å². The van der Waals surface area contributed by atoms with Gasteiger partial charge in [-0.25, -0.2) is 0 Å². The summed E-state index contributed by atoms with van der Waals surface area (Å²) in [7, 11) is 1.57. The highest BCUT2D eigenvalue weighted by Gasteiger charge is 2.19. The van der Waals surface area contributed by atoms with E-state index in [1.54, 1.807) is 18.9 Å². The number of hydrogen-bond donors (Lipinski definition) is 3. The van der Waals surface area contributed by atoms with Crippen LogP contribution in [0.3, 0.4) is 0 Å². The summed E-state index contributed by atoms with van der Waals surface area (Å²) >= 11 is 0. The number of aliphatic hydroxyl groups excluding tert-OH is 2. The van der Waals surface area contributed by atoms with Gasteiger partial charge < -0.3 is 20.3 Å². The van der Waals surface area contributed by atoms with E-state index in [2.05, 4.69) is 5.32 Å². The minimum atomic E-state index is -0.365. The highest BCUT2D eigenvalue weighted by Crippen LogP contribution is 1.98. The molecule has 0 aliphatic heterocycles. The summed E-state index contributed by atoms with van der Waals surface area (Å²) in [6.45, 7) is 3.36. The number of hydrogen-bond acceptors (Lipinski definition) is 5. The second-order valence-electron chi connectivity index (χ2n) is 3.44. The van der Waals surface area contributed by atoms with Crippen molar-refractivity contribution in [2.45, 2.75) is 13.0 Å². The van der Waals surface area contributed by atoms with Gasteiger partial charge in [0.2, 0.25) is 5.91 Å². The Morgan fingerprint density at radius 1 is 1.38 bits per heavy atom. The van der Waals surface area contributed by atoms with Crippen molar-refractivity contribution in [3.63, 3.8) is 0 Å². The van der Waals surface area contributed by atoms with Gasteiger partial charge in [0.15, 0.2) is 0 Å². The highest BCUT2D eigenvalue weighted by molar-refractivity contribution is 5.81. The van der Waals surface area contributed by atoms with E-state index in [9.17, 15) is 4.79 Å². The molecule has 1 amide bonds. The van der Waals surface area contributed by atoms with Crippen molar-refractivity contribution in [2.24, 2.45) is 0 Å². The first-order chi connectivity index (χ1) is 7.67. The Morgan fingerprint density at radius 3 is 2.38 bits per heavy atom. The van der Waals surface area contributed by atoms with Crippen molar-refractivity contribution in [2.75, 3.05) is 46.6 Å². The predicted molar refractivity (Wildman–Crippen MR) is 60.1 cm³/mol. The Kier molecular flexibility index (Phi) is 9.12. The lowest BCUT2D eigenvalue weighted by molar-refractivity contribution is -0.126. The van der Waals surface area contributed by atoms with Crippen LogP contribution in [0.4, 0.5) is 0 Å². The SMILES string of the molecule is COCCNC(=O)C(C)N(CCO)CCO. The van der Waals surface area contributed by atoms with Crippen molar-refractivity contribution in [3.05, 3.63) is 0 Å². The first-order valence-corrected chi connectivity index (χ1v) is 5.39. The maximum atomic E-state index is 11.6. The van der Waals surface area contributed by atoms with Crippen molar-refractivity contribution < 1.29 is 19.7 Å². The zero-order chi connectivity index (χ0) is 12.4. The summed E-state index contributed by atoms with van der Waals surface area (Å²) in [6.07, 6.45) is 0. The van der Waals surface area contributed by atoms with E-state index in [0.717, 1.165) is 0 Å². The number of carbonyl (C=O) groups excluding carboxylic acids is 1. The molecule has 0 aromatic heterocycles. The average Bonchev–Trinajstić information content (AvgIpc) is 2.28. The van der Waals surface area contributed by atoms with Gasteiger partial charge in [-0.3, -0.25) is 9.69 Å². The van der Waals surface area contributed by atoms with Crippen LogP contribution < -0.4 is 5.32 Å². The third-order valence-corrected chi connectivity index (χ3v) is 2.31. The molecule has 0 aromatic rings. The third-order valence-electron chi connectivity index (χ3n) is 2.31. The molecule has 16 heavy (non-hydrogen) atoms. The van der Waals surface area contributed by atoms with Crippen LogP contribution in [-0.2, 0) is 9.53 Å². The van der Waals surface area contributed by atoms with Gasteiger partial charge in [0.05, 0.1) is 25.9 Å². The molecule has 96 valence electrons. The largest absolute Gasteiger partial charge is 0.395 e. The molecular formula is C10H22N2O4. The molecule has 0 saturated carbocycles. The Morgan fingerprint density at radius 2 is 1.94 bits per heavy atom. The zero-order valence-electron chi connectivity index (χ0n) is 9.98. The van der Waals surface area contributed by atoms with E-state index in [1.165, 1.54) is 0 Å². The summed E-state index contributed by atoms with van der Waals surface area (Å²) in [6, 6.07) is -0.365. The monoisotopic (exact) mass is 234 g/mol. The van der Waals surface area contributed by atoms with Crippen LogP contribution in [0.15, 0.2) is 0 Å². The Labute approximate surface area is 96.2 Å². The summed E-state index contributed by atoms with van der Waals surface area (Å²) < 4.78 is 4.82. The van der Waals surface area contributed by atoms with E-state index < -0.39 is 0 Å². The van der Waals surface area contributed by atoms with Gasteiger partial charge in [-0.1, -0.05) is 0 Å². The molecule has 1 atom stereocenters. The smallest absolute Gasteiger partial charge is 0.237 e. The van der Waals surface area contributed by atoms with Crippen molar-refractivity contribution in [1.29, 1.82) is 0 Å². The Bertz CT molecular complexity index is 184. The molecule has 0 saturated heterocycles. The van der Waals surface area contributed by atoms with E-state index in [1.807, 2.05) is 0 Å². The molecule has 0 heterocycles. The standard InChI is InChI=1S/C10H22N2O4/c1-9(10(15)11-3-8-16-2)12(4-6-13)5-7-14/h9,13-14H,3-8H2,1-2H3,(H,11,15). The fraction of sp³-hybridized carbons (Fsp3) is 0.900. The summed E-state index contributed by atoms with van der Waals surface area (Å²) in [5, 5.41) is 20.4. The lowest BCUT2D eigenvalue weighted by Gasteiger charge is -2.26. The number of ether oxygens (including phenoxy) is 1. The van der Waals surface area contributed by atoms with Gasteiger partial charge in [0, 0.05) is 26.7 Å². The number of nitrogens with one attached hydrogen (secondary N) is 1. The predicted octanol–water partition coefficient (Wildman–Crippen LogP) is -1.58. The summed E-state index contributed by atoms with van der Waals surface area (Å²) in [5.74, 6) is -0.126. The lowest BCUT2D eigenvalue weighted by atomic mass is 10.2. The molecule has 0 radical (unpaired) electrons. The van der Waals surface area contributed by atoms with Gasteiger partial charge in [0.25, 0.3) is 0 Å². The minimum absolute atomic E-state index is 0.0321. The van der Waals surface area contributed by atoms with Crippen LogP contribution in [0, 0.1) is 0 Å². The average molecular weight is 234 g/mol. The van der Waals surface area contributed by atoms with Crippen molar-refractivity contribution in [1.82, 2.24) is 10.2 Å². The first kappa shape index (κ1) is 15.3. The lowest BCUT2D eigenvalue weighted by Crippen LogP contribution is -2.47. The molecule has 0 aliphatic rings. The molecule has 6 nitrogen and oxygen atoms in total. The molecule has 0 rings (SSSR count). The number of carbonyl (C=O) groups is 1. The quantitative estimate of drug-likeness (QED) is 0.420. The van der Waals surface area contributed by atoms with E-state index in [-0.39, 0.29) is 25.2 Å². The van der Waals surface area contributed by atoms with Gasteiger partial charge in [-0.15, -0.1) is 0 Å². The second kappa shape index (κ2) is 9.53. The molecule has 6 heteroatoms. The van der Waals surface area contributed by atoms with Crippen LogP contribution in [0.2, 0.25) is 0 Å². The fourth-order valence-electron chi connectivity index (χ4n) is 1.35. The maximum Gasteiger partial charge on any atom is 0.237 e.